The quantitative estimate of drug-likeness (QED) is 0.678. The zero-order valence-electron chi connectivity index (χ0n) is 8.03. The van der Waals surface area contributed by atoms with Crippen LogP contribution in [0.2, 0.25) is 0 Å². The van der Waals surface area contributed by atoms with Gasteiger partial charge in [0.25, 0.3) is 0 Å². The van der Waals surface area contributed by atoms with Gasteiger partial charge in [0, 0.05) is 12.1 Å². The number of hydrogen-bond donors (Lipinski definition) is 3. The van der Waals surface area contributed by atoms with Crippen molar-refractivity contribution in [1.82, 2.24) is 0 Å². The van der Waals surface area contributed by atoms with Gasteiger partial charge in [0.15, 0.2) is 0 Å². The fraction of sp³-hybridized carbons (Fsp3) is 0.400. The molecule has 1 rings (SSSR count). The number of aliphatic hydroxyl groups excluding tert-OH is 2. The number of benzene rings is 1. The van der Waals surface area contributed by atoms with Crippen LogP contribution in [-0.4, -0.2) is 22.9 Å². The molecule has 0 bridgehead atoms. The summed E-state index contributed by atoms with van der Waals surface area (Å²) in [5, 5.41) is 18.8. The smallest absolute Gasteiger partial charge is 0.127 e. The zero-order chi connectivity index (χ0) is 11.4. The highest BCUT2D eigenvalue weighted by Crippen LogP contribution is 2.20. The van der Waals surface area contributed by atoms with Gasteiger partial charge in [-0.15, -0.1) is 11.6 Å². The molecule has 0 spiro atoms. The molecule has 1 aromatic carbocycles. The topological polar surface area (TPSA) is 66.5 Å². The van der Waals surface area contributed by atoms with E-state index in [1.807, 2.05) is 0 Å². The lowest BCUT2D eigenvalue weighted by Gasteiger charge is -2.16. The van der Waals surface area contributed by atoms with Gasteiger partial charge in [0.1, 0.15) is 11.9 Å². The number of hydrogen-bond acceptors (Lipinski definition) is 3. The van der Waals surface area contributed by atoms with Crippen molar-refractivity contribution in [2.45, 2.75) is 18.1 Å². The maximum atomic E-state index is 13.3. The van der Waals surface area contributed by atoms with E-state index < -0.39 is 18.0 Å². The zero-order valence-corrected chi connectivity index (χ0v) is 8.78. The molecule has 1 aromatic rings. The highest BCUT2D eigenvalue weighted by molar-refractivity contribution is 6.17. The van der Waals surface area contributed by atoms with E-state index in [1.165, 1.54) is 12.1 Å². The lowest BCUT2D eigenvalue weighted by molar-refractivity contribution is 0.0241. The van der Waals surface area contributed by atoms with Gasteiger partial charge in [-0.25, -0.2) is 4.39 Å². The van der Waals surface area contributed by atoms with Crippen molar-refractivity contribution >= 4 is 11.6 Å². The van der Waals surface area contributed by atoms with Gasteiger partial charge in [-0.3, -0.25) is 0 Å². The molecule has 2 atom stereocenters. The van der Waals surface area contributed by atoms with Crippen molar-refractivity contribution < 1.29 is 14.6 Å². The van der Waals surface area contributed by atoms with Crippen molar-refractivity contribution in [1.29, 1.82) is 0 Å². The van der Waals surface area contributed by atoms with Crippen molar-refractivity contribution in [2.75, 3.05) is 6.54 Å². The summed E-state index contributed by atoms with van der Waals surface area (Å²) in [4.78, 5) is 0. The molecule has 4 N–H and O–H groups in total. The Hall–Kier alpha value is -0.680. The second-order valence-corrected chi connectivity index (χ2v) is 3.50. The molecular formula is C10H13ClFNO2. The lowest BCUT2D eigenvalue weighted by Crippen LogP contribution is -2.27. The van der Waals surface area contributed by atoms with E-state index in [0.717, 1.165) is 6.07 Å². The molecular weight excluding hydrogens is 221 g/mol. The molecule has 0 saturated heterocycles. The van der Waals surface area contributed by atoms with Crippen LogP contribution in [0.4, 0.5) is 4.39 Å². The first kappa shape index (κ1) is 12.4. The molecule has 0 aliphatic rings. The Morgan fingerprint density at radius 3 is 2.53 bits per heavy atom. The third kappa shape index (κ3) is 2.89. The summed E-state index contributed by atoms with van der Waals surface area (Å²) in [5.74, 6) is -0.424. The average Bonchev–Trinajstić information content (AvgIpc) is 2.26. The highest BCUT2D eigenvalue weighted by atomic mass is 35.5. The molecule has 84 valence electrons. The molecule has 3 nitrogen and oxygen atoms in total. The van der Waals surface area contributed by atoms with Gasteiger partial charge in [0.2, 0.25) is 0 Å². The molecule has 5 heteroatoms. The summed E-state index contributed by atoms with van der Waals surface area (Å²) in [6, 6.07) is 4.15. The molecule has 0 amide bonds. The standard InChI is InChI=1S/C10H13ClFNO2/c11-4-7-2-1-6(3-8(7)12)10(15)9(14)5-13/h1-3,9-10,14-15H,4-5,13H2. The van der Waals surface area contributed by atoms with Crippen LogP contribution in [0.5, 0.6) is 0 Å². The number of alkyl halides is 1. The van der Waals surface area contributed by atoms with E-state index in [0.29, 0.717) is 11.1 Å². The SMILES string of the molecule is NCC(O)C(O)c1ccc(CCl)c(F)c1. The van der Waals surface area contributed by atoms with E-state index in [4.69, 9.17) is 17.3 Å². The van der Waals surface area contributed by atoms with E-state index in [-0.39, 0.29) is 12.4 Å². The highest BCUT2D eigenvalue weighted by Gasteiger charge is 2.17. The number of halogens is 2. The maximum absolute atomic E-state index is 13.3. The van der Waals surface area contributed by atoms with Gasteiger partial charge in [-0.1, -0.05) is 12.1 Å². The predicted molar refractivity (Wildman–Crippen MR) is 56.0 cm³/mol. The van der Waals surface area contributed by atoms with Crippen LogP contribution in [0.25, 0.3) is 0 Å². The lowest BCUT2D eigenvalue weighted by atomic mass is 10.0. The van der Waals surface area contributed by atoms with Crippen molar-refractivity contribution in [3.05, 3.63) is 35.1 Å². The Labute approximate surface area is 92.3 Å². The first-order valence-electron chi connectivity index (χ1n) is 4.50. The Kier molecular flexibility index (Phi) is 4.47. The van der Waals surface area contributed by atoms with Crippen molar-refractivity contribution in [3.63, 3.8) is 0 Å². The molecule has 0 heterocycles. The normalized spacial score (nSPS) is 15.0. The van der Waals surface area contributed by atoms with Crippen LogP contribution in [0.15, 0.2) is 18.2 Å². The fourth-order valence-electron chi connectivity index (χ4n) is 1.21. The van der Waals surface area contributed by atoms with Gasteiger partial charge in [-0.2, -0.15) is 0 Å². The summed E-state index contributed by atoms with van der Waals surface area (Å²) >= 11 is 5.48. The van der Waals surface area contributed by atoms with Crippen LogP contribution in [0, 0.1) is 5.82 Å². The van der Waals surface area contributed by atoms with Crippen LogP contribution >= 0.6 is 11.6 Å². The van der Waals surface area contributed by atoms with Gasteiger partial charge < -0.3 is 15.9 Å². The van der Waals surface area contributed by atoms with Crippen molar-refractivity contribution in [2.24, 2.45) is 5.73 Å². The molecule has 0 aliphatic heterocycles. The van der Waals surface area contributed by atoms with Crippen LogP contribution in [-0.2, 0) is 5.88 Å². The Balaban J connectivity index is 2.92. The third-order valence-electron chi connectivity index (χ3n) is 2.17. The minimum absolute atomic E-state index is 0.0711. The number of aliphatic hydroxyl groups is 2. The summed E-state index contributed by atoms with van der Waals surface area (Å²) < 4.78 is 13.3. The number of rotatable bonds is 4. The molecule has 2 unspecified atom stereocenters. The van der Waals surface area contributed by atoms with Crippen LogP contribution in [0.1, 0.15) is 17.2 Å². The first-order valence-corrected chi connectivity index (χ1v) is 5.04. The summed E-state index contributed by atoms with van der Waals surface area (Å²) in [7, 11) is 0. The van der Waals surface area contributed by atoms with Gasteiger partial charge >= 0.3 is 0 Å². The van der Waals surface area contributed by atoms with E-state index in [9.17, 15) is 14.6 Å². The number of nitrogens with two attached hydrogens (primary N) is 1. The Bertz CT molecular complexity index is 335. The molecule has 0 saturated carbocycles. The third-order valence-corrected chi connectivity index (χ3v) is 2.46. The molecule has 15 heavy (non-hydrogen) atoms. The van der Waals surface area contributed by atoms with Gasteiger partial charge in [-0.05, 0) is 11.6 Å². The first-order chi connectivity index (χ1) is 7.10. The second kappa shape index (κ2) is 5.42. The molecule has 0 aliphatic carbocycles. The van der Waals surface area contributed by atoms with Crippen molar-refractivity contribution in [3.8, 4) is 0 Å². The minimum Gasteiger partial charge on any atom is -0.389 e. The predicted octanol–water partition coefficient (Wildman–Crippen LogP) is 0.918. The monoisotopic (exact) mass is 233 g/mol. The fourth-order valence-corrected chi connectivity index (χ4v) is 1.42. The molecule has 0 radical (unpaired) electrons. The van der Waals surface area contributed by atoms with Crippen LogP contribution in [0.3, 0.4) is 0 Å². The summed E-state index contributed by atoms with van der Waals surface area (Å²) in [6.07, 6.45) is -2.26. The Morgan fingerprint density at radius 2 is 2.07 bits per heavy atom. The van der Waals surface area contributed by atoms with E-state index in [2.05, 4.69) is 0 Å². The minimum atomic E-state index is -1.17. The maximum Gasteiger partial charge on any atom is 0.127 e. The van der Waals surface area contributed by atoms with Gasteiger partial charge in [0.05, 0.1) is 12.0 Å². The van der Waals surface area contributed by atoms with E-state index in [1.54, 1.807) is 0 Å². The average molecular weight is 234 g/mol. The molecule has 0 aromatic heterocycles. The second-order valence-electron chi connectivity index (χ2n) is 3.23. The summed E-state index contributed by atoms with van der Waals surface area (Å²) in [6.45, 7) is -0.0833. The summed E-state index contributed by atoms with van der Waals surface area (Å²) in [5.41, 5.74) is 5.83. The van der Waals surface area contributed by atoms with E-state index >= 15 is 0 Å². The molecule has 0 fully saturated rings. The van der Waals surface area contributed by atoms with Crippen LogP contribution < -0.4 is 5.73 Å². The Morgan fingerprint density at radius 1 is 1.40 bits per heavy atom. The largest absolute Gasteiger partial charge is 0.389 e.